The van der Waals surface area contributed by atoms with Gasteiger partial charge in [-0.25, -0.2) is 4.52 Å². The summed E-state index contributed by atoms with van der Waals surface area (Å²) in [5.41, 5.74) is 0.942. The smallest absolute Gasteiger partial charge is 0.372 e. The molecule has 1 aliphatic heterocycles. The SMILES string of the molecule is CNC(=O)C(F)(F)F.C[C@H](CC(=O)N1CC2C(C1)C2(C)C)OC1(C)CCC1.Cn1ccn2ncc(C(C#N)NC=O)c2c1=O. The molecule has 2 aromatic rings. The highest BCUT2D eigenvalue weighted by molar-refractivity contribution is 5.81. The highest BCUT2D eigenvalue weighted by Gasteiger charge is 2.62. The summed E-state index contributed by atoms with van der Waals surface area (Å²) < 4.78 is 41.9. The summed E-state index contributed by atoms with van der Waals surface area (Å²) in [5.74, 6) is -0.135. The Morgan fingerprint density at radius 3 is 2.30 bits per heavy atom. The summed E-state index contributed by atoms with van der Waals surface area (Å²) in [7, 11) is 2.53. The number of nitrogens with one attached hydrogen (secondary N) is 2. The molecule has 3 fully saturated rings. The molecule has 2 aromatic heterocycles. The zero-order valence-corrected chi connectivity index (χ0v) is 25.8. The number of fused-ring (bicyclic) bond motifs is 2. The van der Waals surface area contributed by atoms with Gasteiger partial charge in [-0.05, 0) is 50.4 Å². The van der Waals surface area contributed by atoms with E-state index in [2.05, 4.69) is 36.1 Å². The second kappa shape index (κ2) is 13.4. The molecule has 3 unspecified atom stereocenters. The quantitative estimate of drug-likeness (QED) is 0.450. The van der Waals surface area contributed by atoms with Crippen LogP contribution in [0.2, 0.25) is 0 Å². The van der Waals surface area contributed by atoms with Crippen molar-refractivity contribution in [1.82, 2.24) is 29.7 Å². The minimum atomic E-state index is -4.74. The Morgan fingerprint density at radius 2 is 1.84 bits per heavy atom. The Hall–Kier alpha value is -3.93. The molecular weight excluding hydrogens is 583 g/mol. The molecule has 1 saturated heterocycles. The number of carbonyl (C=O) groups is 3. The first-order valence-electron chi connectivity index (χ1n) is 14.4. The fraction of sp³-hybridized carbons (Fsp3) is 0.655. The van der Waals surface area contributed by atoms with Crippen LogP contribution in [0.4, 0.5) is 13.2 Å². The molecule has 0 aromatic carbocycles. The van der Waals surface area contributed by atoms with Crippen LogP contribution >= 0.6 is 0 Å². The molecule has 5 rings (SSSR count). The third-order valence-electron chi connectivity index (χ3n) is 8.77. The van der Waals surface area contributed by atoms with Gasteiger partial charge in [0, 0.05) is 45.1 Å². The second-order valence-electron chi connectivity index (χ2n) is 12.3. The number of nitriles is 1. The Balaban J connectivity index is 0.000000196. The molecule has 0 bridgehead atoms. The van der Waals surface area contributed by atoms with E-state index in [1.807, 2.05) is 13.0 Å². The van der Waals surface area contributed by atoms with Crippen molar-refractivity contribution < 1.29 is 32.3 Å². The molecule has 3 heterocycles. The van der Waals surface area contributed by atoms with E-state index in [1.54, 1.807) is 19.4 Å². The largest absolute Gasteiger partial charge is 0.471 e. The van der Waals surface area contributed by atoms with Crippen molar-refractivity contribution in [3.63, 3.8) is 0 Å². The number of hydrogen-bond acceptors (Lipinski definition) is 7. The fourth-order valence-corrected chi connectivity index (χ4v) is 5.76. The molecule has 242 valence electrons. The number of aryl methyl sites for hydroxylation is 1. The molecule has 44 heavy (non-hydrogen) atoms. The van der Waals surface area contributed by atoms with Crippen LogP contribution in [0.1, 0.15) is 65.0 Å². The lowest BCUT2D eigenvalue weighted by molar-refractivity contribution is -0.173. The first-order chi connectivity index (χ1) is 20.5. The molecule has 2 aliphatic carbocycles. The Labute approximate surface area is 253 Å². The summed E-state index contributed by atoms with van der Waals surface area (Å²) in [6.45, 7) is 10.8. The number of alkyl halides is 3. The molecule has 0 spiro atoms. The predicted octanol–water partition coefficient (Wildman–Crippen LogP) is 2.48. The van der Waals surface area contributed by atoms with Crippen LogP contribution in [-0.4, -0.2) is 75.3 Å². The number of rotatable bonds is 7. The lowest BCUT2D eigenvalue weighted by Gasteiger charge is -2.40. The van der Waals surface area contributed by atoms with Gasteiger partial charge < -0.3 is 24.8 Å². The number of amides is 3. The molecule has 2 N–H and O–H groups in total. The number of hydrogen-bond donors (Lipinski definition) is 2. The first-order valence-corrected chi connectivity index (χ1v) is 14.4. The molecule has 15 heteroatoms. The number of piperidine rings is 1. The summed E-state index contributed by atoms with van der Waals surface area (Å²) in [6, 6.07) is 1.03. The Bertz CT molecular complexity index is 1440. The van der Waals surface area contributed by atoms with Crippen LogP contribution in [0.5, 0.6) is 0 Å². The van der Waals surface area contributed by atoms with E-state index in [0.717, 1.165) is 44.8 Å². The van der Waals surface area contributed by atoms with E-state index in [-0.39, 0.29) is 22.8 Å². The molecule has 3 aliphatic rings. The Kier molecular flexibility index (Phi) is 10.5. The van der Waals surface area contributed by atoms with Gasteiger partial charge >= 0.3 is 12.1 Å². The number of aromatic nitrogens is 3. The summed E-state index contributed by atoms with van der Waals surface area (Å²) in [5, 5.41) is 16.7. The van der Waals surface area contributed by atoms with E-state index in [4.69, 9.17) is 10.00 Å². The molecule has 12 nitrogen and oxygen atoms in total. The van der Waals surface area contributed by atoms with E-state index in [1.165, 1.54) is 27.0 Å². The van der Waals surface area contributed by atoms with Crippen molar-refractivity contribution in [3.8, 4) is 6.07 Å². The van der Waals surface area contributed by atoms with Crippen molar-refractivity contribution in [2.75, 3.05) is 20.1 Å². The standard InChI is InChI=1S/C16H27NO2.C10H9N5O2.C3H4F3NO/c1-11(19-16(4)6-5-7-16)8-14(18)17-9-12-13(10-17)15(12,2)3;1-14-2-3-15-9(10(14)17)7(5-13-15)8(4-11)12-6-16;1-7-2(8)3(4,5)6/h11-13H,5-10H2,1-4H3;2-3,5-6,8H,1H3,(H,12,16);1H3,(H,7,8)/t11-,12?,13?;;/m1../s1. The second-order valence-corrected chi connectivity index (χ2v) is 12.3. The van der Waals surface area contributed by atoms with Gasteiger partial charge in [0.2, 0.25) is 12.3 Å². The number of halogens is 3. The first kappa shape index (κ1) is 34.6. The zero-order chi connectivity index (χ0) is 33.0. The fourth-order valence-electron chi connectivity index (χ4n) is 5.76. The monoisotopic (exact) mass is 623 g/mol. The average molecular weight is 624 g/mol. The highest BCUT2D eigenvalue weighted by atomic mass is 19.4. The maximum absolute atomic E-state index is 12.3. The van der Waals surface area contributed by atoms with Crippen LogP contribution < -0.4 is 16.2 Å². The number of carbonyl (C=O) groups excluding carboxylic acids is 3. The summed E-state index contributed by atoms with van der Waals surface area (Å²) >= 11 is 0. The molecule has 3 amide bonds. The number of nitrogens with zero attached hydrogens (tertiary/aromatic N) is 5. The van der Waals surface area contributed by atoms with E-state index >= 15 is 0 Å². The minimum absolute atomic E-state index is 0.0504. The van der Waals surface area contributed by atoms with Crippen molar-refractivity contribution in [2.45, 2.75) is 77.3 Å². The zero-order valence-electron chi connectivity index (χ0n) is 25.8. The van der Waals surface area contributed by atoms with Crippen LogP contribution in [0.25, 0.3) is 5.52 Å². The maximum Gasteiger partial charge on any atom is 0.471 e. The van der Waals surface area contributed by atoms with Crippen LogP contribution in [0, 0.1) is 28.6 Å². The molecule has 2 saturated carbocycles. The van der Waals surface area contributed by atoms with E-state index < -0.39 is 18.1 Å². The molecule has 0 radical (unpaired) electrons. The van der Waals surface area contributed by atoms with E-state index in [9.17, 15) is 32.3 Å². The predicted molar refractivity (Wildman–Crippen MR) is 153 cm³/mol. The molecular formula is C29H40F3N7O5. The van der Waals surface area contributed by atoms with Gasteiger partial charge in [-0.15, -0.1) is 0 Å². The normalized spacial score (nSPS) is 22.0. The van der Waals surface area contributed by atoms with Crippen LogP contribution in [0.3, 0.4) is 0 Å². The van der Waals surface area contributed by atoms with Gasteiger partial charge in [-0.1, -0.05) is 13.8 Å². The van der Waals surface area contributed by atoms with Crippen molar-refractivity contribution in [2.24, 2.45) is 24.3 Å². The lowest BCUT2D eigenvalue weighted by atomic mass is 9.81. The van der Waals surface area contributed by atoms with Crippen molar-refractivity contribution >= 4 is 23.7 Å². The summed E-state index contributed by atoms with van der Waals surface area (Å²) in [4.78, 5) is 46.2. The third kappa shape index (κ3) is 7.77. The maximum atomic E-state index is 12.3. The third-order valence-corrected chi connectivity index (χ3v) is 8.77. The van der Waals surface area contributed by atoms with Crippen molar-refractivity contribution in [3.05, 3.63) is 34.5 Å². The number of likely N-dealkylation sites (tertiary alicyclic amines) is 1. The Morgan fingerprint density at radius 1 is 1.23 bits per heavy atom. The van der Waals surface area contributed by atoms with Gasteiger partial charge in [0.1, 0.15) is 11.6 Å². The van der Waals surface area contributed by atoms with Gasteiger partial charge in [0.25, 0.3) is 5.56 Å². The van der Waals surface area contributed by atoms with Crippen LogP contribution in [0.15, 0.2) is 23.4 Å². The number of ether oxygens (including phenoxy) is 1. The van der Waals surface area contributed by atoms with Gasteiger partial charge in [0.05, 0.1) is 30.4 Å². The van der Waals surface area contributed by atoms with Crippen LogP contribution in [-0.2, 0) is 26.2 Å². The highest BCUT2D eigenvalue weighted by Crippen LogP contribution is 2.62. The van der Waals surface area contributed by atoms with Crippen molar-refractivity contribution in [1.29, 1.82) is 5.26 Å². The van der Waals surface area contributed by atoms with Gasteiger partial charge in [-0.2, -0.15) is 23.5 Å². The minimum Gasteiger partial charge on any atom is -0.372 e. The average Bonchev–Trinajstić information content (AvgIpc) is 3.36. The lowest BCUT2D eigenvalue weighted by Crippen LogP contribution is -2.41. The molecule has 4 atom stereocenters. The van der Waals surface area contributed by atoms with Gasteiger partial charge in [0.15, 0.2) is 0 Å². The van der Waals surface area contributed by atoms with Gasteiger partial charge in [-0.3, -0.25) is 19.2 Å². The van der Waals surface area contributed by atoms with E-state index in [0.29, 0.717) is 29.7 Å². The topological polar surface area (TPSA) is 151 Å². The summed E-state index contributed by atoms with van der Waals surface area (Å²) in [6.07, 6.45) is 4.43.